The predicted molar refractivity (Wildman–Crippen MR) is 71.6 cm³/mol. The third kappa shape index (κ3) is 4.25. The molecule has 0 spiro atoms. The minimum absolute atomic E-state index is 0.0182. The monoisotopic (exact) mass is 272 g/mol. The Morgan fingerprint density at radius 1 is 1.53 bits per heavy atom. The van der Waals surface area contributed by atoms with Gasteiger partial charge < -0.3 is 5.32 Å². The number of nitrogens with one attached hydrogen (secondary N) is 2. The lowest BCUT2D eigenvalue weighted by Gasteiger charge is -2.21. The second kappa shape index (κ2) is 6.32. The lowest BCUT2D eigenvalue weighted by atomic mass is 10.2. The lowest BCUT2D eigenvalue weighted by Crippen LogP contribution is -2.30. The molecule has 0 atom stereocenters. The van der Waals surface area contributed by atoms with E-state index in [0.717, 1.165) is 30.9 Å². The van der Waals surface area contributed by atoms with E-state index < -0.39 is 0 Å². The summed E-state index contributed by atoms with van der Waals surface area (Å²) in [5, 5.41) is 15.9. The molecule has 1 aliphatic heterocycles. The SMILES string of the molecule is Cc1nnc(NC(=O)CSC2CCNCC2)s1. The summed E-state index contributed by atoms with van der Waals surface area (Å²) in [6, 6.07) is 0. The molecule has 0 saturated carbocycles. The molecule has 1 aromatic rings. The van der Waals surface area contributed by atoms with E-state index in [9.17, 15) is 4.79 Å². The standard InChI is InChI=1S/C10H16N4OS2/c1-7-13-14-10(17-7)12-9(15)6-16-8-2-4-11-5-3-8/h8,11H,2-6H2,1H3,(H,12,14,15). The first-order chi connectivity index (χ1) is 8.24. The van der Waals surface area contributed by atoms with Crippen LogP contribution in [0.15, 0.2) is 0 Å². The zero-order valence-electron chi connectivity index (χ0n) is 9.73. The van der Waals surface area contributed by atoms with E-state index in [1.807, 2.05) is 6.92 Å². The number of carbonyl (C=O) groups excluding carboxylic acids is 1. The van der Waals surface area contributed by atoms with Gasteiger partial charge in [0.25, 0.3) is 0 Å². The van der Waals surface area contributed by atoms with Crippen LogP contribution in [0.2, 0.25) is 0 Å². The molecule has 94 valence electrons. The topological polar surface area (TPSA) is 66.9 Å². The van der Waals surface area contributed by atoms with Gasteiger partial charge in [-0.25, -0.2) is 0 Å². The van der Waals surface area contributed by atoms with Crippen molar-refractivity contribution < 1.29 is 4.79 Å². The van der Waals surface area contributed by atoms with Gasteiger partial charge in [0.1, 0.15) is 5.01 Å². The molecule has 2 heterocycles. The fraction of sp³-hybridized carbons (Fsp3) is 0.700. The summed E-state index contributed by atoms with van der Waals surface area (Å²) in [7, 11) is 0. The number of hydrogen-bond donors (Lipinski definition) is 2. The Morgan fingerprint density at radius 3 is 2.94 bits per heavy atom. The molecule has 1 aromatic heterocycles. The molecule has 0 unspecified atom stereocenters. The molecule has 0 aromatic carbocycles. The molecule has 5 nitrogen and oxygen atoms in total. The van der Waals surface area contributed by atoms with Gasteiger partial charge in [-0.05, 0) is 32.9 Å². The molecule has 1 amide bonds. The first kappa shape index (κ1) is 12.8. The Morgan fingerprint density at radius 2 is 2.29 bits per heavy atom. The van der Waals surface area contributed by atoms with Crippen molar-refractivity contribution in [2.75, 3.05) is 24.2 Å². The third-order valence-electron chi connectivity index (χ3n) is 2.51. The highest BCUT2D eigenvalue weighted by Crippen LogP contribution is 2.20. The number of anilines is 1. The van der Waals surface area contributed by atoms with Crippen molar-refractivity contribution >= 4 is 34.1 Å². The largest absolute Gasteiger partial charge is 0.317 e. The molecule has 0 aliphatic carbocycles. The van der Waals surface area contributed by atoms with Gasteiger partial charge >= 0.3 is 0 Å². The van der Waals surface area contributed by atoms with Crippen LogP contribution in [0.3, 0.4) is 0 Å². The smallest absolute Gasteiger partial charge is 0.236 e. The van der Waals surface area contributed by atoms with E-state index in [0.29, 0.717) is 16.1 Å². The zero-order chi connectivity index (χ0) is 12.1. The van der Waals surface area contributed by atoms with Crippen LogP contribution in [0.25, 0.3) is 0 Å². The Bertz CT molecular complexity index is 376. The average molecular weight is 272 g/mol. The maximum Gasteiger partial charge on any atom is 0.236 e. The molecule has 0 radical (unpaired) electrons. The summed E-state index contributed by atoms with van der Waals surface area (Å²) in [6.45, 7) is 4.00. The highest BCUT2D eigenvalue weighted by atomic mass is 32.2. The Labute approximate surface area is 109 Å². The zero-order valence-corrected chi connectivity index (χ0v) is 11.4. The molecule has 0 bridgehead atoms. The number of piperidine rings is 1. The van der Waals surface area contributed by atoms with Crippen molar-refractivity contribution in [2.24, 2.45) is 0 Å². The van der Waals surface area contributed by atoms with Gasteiger partial charge in [0, 0.05) is 5.25 Å². The van der Waals surface area contributed by atoms with Crippen LogP contribution in [0.5, 0.6) is 0 Å². The van der Waals surface area contributed by atoms with Crippen LogP contribution in [-0.2, 0) is 4.79 Å². The van der Waals surface area contributed by atoms with Gasteiger partial charge in [-0.1, -0.05) is 11.3 Å². The van der Waals surface area contributed by atoms with Gasteiger partial charge in [0.15, 0.2) is 0 Å². The van der Waals surface area contributed by atoms with E-state index in [-0.39, 0.29) is 5.91 Å². The van der Waals surface area contributed by atoms with E-state index in [1.165, 1.54) is 11.3 Å². The number of amides is 1. The van der Waals surface area contributed by atoms with Gasteiger partial charge in [-0.2, -0.15) is 0 Å². The molecule has 17 heavy (non-hydrogen) atoms. The third-order valence-corrected chi connectivity index (χ3v) is 4.63. The average Bonchev–Trinajstić information content (AvgIpc) is 2.73. The normalized spacial score (nSPS) is 17.0. The number of hydrogen-bond acceptors (Lipinski definition) is 6. The van der Waals surface area contributed by atoms with Crippen molar-refractivity contribution in [1.29, 1.82) is 0 Å². The molecular formula is C10H16N4OS2. The van der Waals surface area contributed by atoms with E-state index in [4.69, 9.17) is 0 Å². The summed E-state index contributed by atoms with van der Waals surface area (Å²) < 4.78 is 0. The van der Waals surface area contributed by atoms with Crippen molar-refractivity contribution in [3.63, 3.8) is 0 Å². The van der Waals surface area contributed by atoms with Crippen LogP contribution in [-0.4, -0.2) is 40.2 Å². The number of aromatic nitrogens is 2. The number of aryl methyl sites for hydroxylation is 1. The summed E-state index contributed by atoms with van der Waals surface area (Å²) in [5.41, 5.74) is 0. The van der Waals surface area contributed by atoms with Crippen LogP contribution >= 0.6 is 23.1 Å². The second-order valence-electron chi connectivity index (χ2n) is 3.93. The quantitative estimate of drug-likeness (QED) is 0.864. The van der Waals surface area contributed by atoms with Gasteiger partial charge in [0.05, 0.1) is 5.75 Å². The summed E-state index contributed by atoms with van der Waals surface area (Å²) in [6.07, 6.45) is 2.30. The highest BCUT2D eigenvalue weighted by Gasteiger charge is 2.15. The fourth-order valence-electron chi connectivity index (χ4n) is 1.66. The number of thioether (sulfide) groups is 1. The summed E-state index contributed by atoms with van der Waals surface area (Å²) in [5.74, 6) is 0.521. The maximum atomic E-state index is 11.7. The Hall–Kier alpha value is -0.660. The molecule has 2 rings (SSSR count). The van der Waals surface area contributed by atoms with Crippen molar-refractivity contribution in [2.45, 2.75) is 25.0 Å². The molecule has 1 saturated heterocycles. The van der Waals surface area contributed by atoms with E-state index in [1.54, 1.807) is 11.8 Å². The van der Waals surface area contributed by atoms with Crippen molar-refractivity contribution in [3.05, 3.63) is 5.01 Å². The lowest BCUT2D eigenvalue weighted by molar-refractivity contribution is -0.113. The Kier molecular flexibility index (Phi) is 4.75. The second-order valence-corrected chi connectivity index (χ2v) is 6.41. The van der Waals surface area contributed by atoms with Crippen molar-refractivity contribution in [1.82, 2.24) is 15.5 Å². The van der Waals surface area contributed by atoms with Crippen LogP contribution in [0.1, 0.15) is 17.8 Å². The summed E-state index contributed by atoms with van der Waals surface area (Å²) in [4.78, 5) is 11.7. The molecule has 1 aliphatic rings. The van der Waals surface area contributed by atoms with E-state index in [2.05, 4.69) is 20.8 Å². The van der Waals surface area contributed by atoms with Gasteiger partial charge in [-0.15, -0.1) is 22.0 Å². The summed E-state index contributed by atoms with van der Waals surface area (Å²) >= 11 is 3.14. The molecule has 7 heteroatoms. The first-order valence-corrected chi connectivity index (χ1v) is 7.53. The molecule has 1 fully saturated rings. The highest BCUT2D eigenvalue weighted by molar-refractivity contribution is 8.00. The number of carbonyl (C=O) groups is 1. The molecular weight excluding hydrogens is 256 g/mol. The van der Waals surface area contributed by atoms with Crippen LogP contribution in [0.4, 0.5) is 5.13 Å². The maximum absolute atomic E-state index is 11.7. The van der Waals surface area contributed by atoms with Crippen LogP contribution < -0.4 is 10.6 Å². The Balaban J connectivity index is 1.70. The van der Waals surface area contributed by atoms with Gasteiger partial charge in [0.2, 0.25) is 11.0 Å². The number of nitrogens with zero attached hydrogens (tertiary/aromatic N) is 2. The predicted octanol–water partition coefficient (Wildman–Crippen LogP) is 1.27. The fourth-order valence-corrected chi connectivity index (χ4v) is 3.29. The minimum atomic E-state index is 0.0182. The number of rotatable bonds is 4. The van der Waals surface area contributed by atoms with E-state index >= 15 is 0 Å². The van der Waals surface area contributed by atoms with Gasteiger partial charge in [-0.3, -0.25) is 10.1 Å². The van der Waals surface area contributed by atoms with Crippen molar-refractivity contribution in [3.8, 4) is 0 Å². The van der Waals surface area contributed by atoms with Crippen LogP contribution in [0, 0.1) is 6.92 Å². The molecule has 2 N–H and O–H groups in total. The minimum Gasteiger partial charge on any atom is -0.317 e. The first-order valence-electron chi connectivity index (χ1n) is 5.66.